The molecule has 308 valence electrons. The van der Waals surface area contributed by atoms with E-state index in [-0.39, 0.29) is 32.6 Å². The molecular weight excluding hydrogens is 689 g/mol. The number of carbonyl (C=O) groups excluding carboxylic acids is 2. The standard InChI is InChI=1S/C43H78NO8P/c1-3-5-7-9-11-13-15-17-19-20-22-23-25-27-29-31-33-35-42(45)49-39-41(40-51-53(47,48)50-38-37-44)52-43(46)36-34-32-30-28-26-24-21-18-16-14-12-10-8-6-4-2/h11,13,17-19,21-23,41H,3-10,12,14-16,20,24-40,44H2,1-2H3,(H,47,48)/b13-11-,19-17-,21-18-,23-22-/t41-/m1/s1. The fourth-order valence-corrected chi connectivity index (χ4v) is 6.28. The molecule has 0 rings (SSSR count). The highest BCUT2D eigenvalue weighted by Crippen LogP contribution is 2.43. The van der Waals surface area contributed by atoms with Crippen molar-refractivity contribution >= 4 is 19.8 Å². The summed E-state index contributed by atoms with van der Waals surface area (Å²) in [6, 6.07) is 0. The molecule has 0 saturated carbocycles. The molecule has 0 aromatic heterocycles. The van der Waals surface area contributed by atoms with Crippen molar-refractivity contribution in [2.75, 3.05) is 26.4 Å². The lowest BCUT2D eigenvalue weighted by molar-refractivity contribution is -0.161. The smallest absolute Gasteiger partial charge is 0.462 e. The number of hydrogen-bond donors (Lipinski definition) is 2. The molecule has 9 nitrogen and oxygen atoms in total. The predicted molar refractivity (Wildman–Crippen MR) is 220 cm³/mol. The maximum Gasteiger partial charge on any atom is 0.472 e. The summed E-state index contributed by atoms with van der Waals surface area (Å²) in [4.78, 5) is 34.8. The minimum atomic E-state index is -4.38. The Hall–Kier alpha value is -2.03. The molecule has 0 aliphatic rings. The lowest BCUT2D eigenvalue weighted by Gasteiger charge is -2.19. The van der Waals surface area contributed by atoms with E-state index in [2.05, 4.69) is 62.5 Å². The normalized spacial score (nSPS) is 13.8. The van der Waals surface area contributed by atoms with Crippen LogP contribution in [0.25, 0.3) is 0 Å². The number of esters is 2. The van der Waals surface area contributed by atoms with E-state index >= 15 is 0 Å². The first-order valence-electron chi connectivity index (χ1n) is 21.1. The van der Waals surface area contributed by atoms with Gasteiger partial charge in [-0.2, -0.15) is 0 Å². The van der Waals surface area contributed by atoms with Gasteiger partial charge in [0.05, 0.1) is 13.2 Å². The Bertz CT molecular complexity index is 1010. The Morgan fingerprint density at radius 1 is 0.566 bits per heavy atom. The average Bonchev–Trinajstić information content (AvgIpc) is 3.14. The van der Waals surface area contributed by atoms with E-state index < -0.39 is 32.5 Å². The minimum absolute atomic E-state index is 0.0474. The van der Waals surface area contributed by atoms with Crippen molar-refractivity contribution < 1.29 is 37.6 Å². The molecular formula is C43H78NO8P. The van der Waals surface area contributed by atoms with Gasteiger partial charge in [-0.1, -0.05) is 140 Å². The first-order valence-corrected chi connectivity index (χ1v) is 22.6. The van der Waals surface area contributed by atoms with Gasteiger partial charge in [0.2, 0.25) is 0 Å². The van der Waals surface area contributed by atoms with Crippen LogP contribution in [0.3, 0.4) is 0 Å². The number of phosphoric ester groups is 1. The molecule has 3 N–H and O–H groups in total. The van der Waals surface area contributed by atoms with Crippen LogP contribution in [0.2, 0.25) is 0 Å². The Morgan fingerprint density at radius 2 is 0.981 bits per heavy atom. The van der Waals surface area contributed by atoms with Crippen molar-refractivity contribution in [2.24, 2.45) is 5.73 Å². The van der Waals surface area contributed by atoms with Gasteiger partial charge in [-0.15, -0.1) is 0 Å². The quantitative estimate of drug-likeness (QED) is 0.0271. The summed E-state index contributed by atoms with van der Waals surface area (Å²) in [7, 11) is -4.38. The number of hydrogen-bond acceptors (Lipinski definition) is 8. The Balaban J connectivity index is 4.23. The number of ether oxygens (including phenoxy) is 2. The largest absolute Gasteiger partial charge is 0.472 e. The molecule has 0 radical (unpaired) electrons. The number of rotatable bonds is 39. The second-order valence-corrected chi connectivity index (χ2v) is 15.3. The van der Waals surface area contributed by atoms with E-state index in [0.717, 1.165) is 70.6 Å². The van der Waals surface area contributed by atoms with Crippen molar-refractivity contribution in [2.45, 2.75) is 187 Å². The SMILES string of the molecule is CCCCC/C=C\C/C=C\C/C=C\CCCCCCC(=O)OC[C@H](COP(=O)(O)OCCN)OC(=O)CCCCCCC/C=C\CCCCCCCC. The Kier molecular flexibility index (Phi) is 38.1. The van der Waals surface area contributed by atoms with E-state index in [0.29, 0.717) is 12.8 Å². The molecule has 0 saturated heterocycles. The zero-order chi connectivity index (χ0) is 38.9. The van der Waals surface area contributed by atoms with Crippen LogP contribution in [0.5, 0.6) is 0 Å². The van der Waals surface area contributed by atoms with Crippen LogP contribution < -0.4 is 5.73 Å². The van der Waals surface area contributed by atoms with Crippen LogP contribution in [0, 0.1) is 0 Å². The summed E-state index contributed by atoms with van der Waals surface area (Å²) < 4.78 is 32.7. The summed E-state index contributed by atoms with van der Waals surface area (Å²) in [5, 5.41) is 0. The zero-order valence-electron chi connectivity index (χ0n) is 33.7. The highest BCUT2D eigenvalue weighted by atomic mass is 31.2. The highest BCUT2D eigenvalue weighted by Gasteiger charge is 2.26. The van der Waals surface area contributed by atoms with Gasteiger partial charge in [-0.3, -0.25) is 18.6 Å². The average molecular weight is 768 g/mol. The second kappa shape index (κ2) is 39.7. The van der Waals surface area contributed by atoms with Crippen molar-refractivity contribution in [3.05, 3.63) is 48.6 Å². The van der Waals surface area contributed by atoms with Crippen molar-refractivity contribution in [1.82, 2.24) is 0 Å². The van der Waals surface area contributed by atoms with Crippen LogP contribution in [0.1, 0.15) is 181 Å². The Morgan fingerprint density at radius 3 is 1.51 bits per heavy atom. The third-order valence-corrected chi connectivity index (χ3v) is 9.67. The first kappa shape index (κ1) is 51.0. The van der Waals surface area contributed by atoms with E-state index in [4.69, 9.17) is 24.3 Å². The van der Waals surface area contributed by atoms with E-state index in [1.165, 1.54) is 70.6 Å². The van der Waals surface area contributed by atoms with Gasteiger partial charge in [0.25, 0.3) is 0 Å². The van der Waals surface area contributed by atoms with Crippen LogP contribution in [-0.2, 0) is 32.7 Å². The molecule has 0 bridgehead atoms. The van der Waals surface area contributed by atoms with Gasteiger partial charge < -0.3 is 20.1 Å². The molecule has 0 amide bonds. The second-order valence-electron chi connectivity index (χ2n) is 13.8. The molecule has 0 spiro atoms. The van der Waals surface area contributed by atoms with Crippen LogP contribution in [-0.4, -0.2) is 49.3 Å². The van der Waals surface area contributed by atoms with Gasteiger partial charge in [0, 0.05) is 19.4 Å². The fraction of sp³-hybridized carbons (Fsp3) is 0.767. The molecule has 0 aliphatic carbocycles. The zero-order valence-corrected chi connectivity index (χ0v) is 34.6. The van der Waals surface area contributed by atoms with Gasteiger partial charge in [0.1, 0.15) is 6.61 Å². The summed E-state index contributed by atoms with van der Waals surface area (Å²) in [5.74, 6) is -0.865. The maximum atomic E-state index is 12.6. The third kappa shape index (κ3) is 39.5. The molecule has 0 heterocycles. The van der Waals surface area contributed by atoms with Crippen molar-refractivity contribution in [3.8, 4) is 0 Å². The summed E-state index contributed by atoms with van der Waals surface area (Å²) in [6.07, 6.45) is 44.2. The van der Waals surface area contributed by atoms with Crippen LogP contribution >= 0.6 is 7.82 Å². The summed E-state index contributed by atoms with van der Waals surface area (Å²) >= 11 is 0. The first-order chi connectivity index (χ1) is 25.8. The molecule has 0 aromatic carbocycles. The number of unbranched alkanes of at least 4 members (excludes halogenated alkanes) is 18. The van der Waals surface area contributed by atoms with Gasteiger partial charge >= 0.3 is 19.8 Å². The third-order valence-electron chi connectivity index (χ3n) is 8.69. The topological polar surface area (TPSA) is 134 Å². The van der Waals surface area contributed by atoms with Crippen LogP contribution in [0.4, 0.5) is 0 Å². The number of allylic oxidation sites excluding steroid dienone is 8. The molecule has 10 heteroatoms. The van der Waals surface area contributed by atoms with Gasteiger partial charge in [-0.05, 0) is 77.0 Å². The summed E-state index contributed by atoms with van der Waals surface area (Å²) in [6.45, 7) is 3.66. The number of phosphoric acid groups is 1. The molecule has 0 aliphatic heterocycles. The van der Waals surface area contributed by atoms with Gasteiger partial charge in [0.15, 0.2) is 6.10 Å². The van der Waals surface area contributed by atoms with E-state index in [1.54, 1.807) is 0 Å². The highest BCUT2D eigenvalue weighted by molar-refractivity contribution is 7.47. The lowest BCUT2D eigenvalue weighted by Crippen LogP contribution is -2.29. The van der Waals surface area contributed by atoms with E-state index in [9.17, 15) is 19.0 Å². The number of carbonyl (C=O) groups is 2. The molecule has 0 fully saturated rings. The monoisotopic (exact) mass is 768 g/mol. The Labute approximate surface area is 324 Å². The predicted octanol–water partition coefficient (Wildman–Crippen LogP) is 11.9. The van der Waals surface area contributed by atoms with Crippen molar-refractivity contribution in [3.63, 3.8) is 0 Å². The molecule has 1 unspecified atom stereocenters. The van der Waals surface area contributed by atoms with E-state index in [1.807, 2.05) is 0 Å². The molecule has 53 heavy (non-hydrogen) atoms. The number of nitrogens with two attached hydrogens (primary N) is 1. The van der Waals surface area contributed by atoms with Crippen LogP contribution in [0.15, 0.2) is 48.6 Å². The summed E-state index contributed by atoms with van der Waals surface area (Å²) in [5.41, 5.74) is 5.34. The fourth-order valence-electron chi connectivity index (χ4n) is 5.52. The lowest BCUT2D eigenvalue weighted by atomic mass is 10.1. The molecule has 0 aromatic rings. The molecule has 2 atom stereocenters. The van der Waals surface area contributed by atoms with Gasteiger partial charge in [-0.25, -0.2) is 4.57 Å². The van der Waals surface area contributed by atoms with Crippen molar-refractivity contribution in [1.29, 1.82) is 0 Å². The minimum Gasteiger partial charge on any atom is -0.462 e. The maximum absolute atomic E-state index is 12.6.